The quantitative estimate of drug-likeness (QED) is 0.232. The first-order valence-corrected chi connectivity index (χ1v) is 18.5. The Balaban J connectivity index is 2.10. The zero-order valence-electron chi connectivity index (χ0n) is 27.2. The van der Waals surface area contributed by atoms with Crippen LogP contribution in [0.3, 0.4) is 0 Å². The van der Waals surface area contributed by atoms with Crippen LogP contribution in [0, 0.1) is 0 Å². The third kappa shape index (κ3) is 10.0. The topological polar surface area (TPSA) is 74.6 Å². The van der Waals surface area contributed by atoms with E-state index < -0.39 is 31.4 Å². The molecule has 0 amide bonds. The van der Waals surface area contributed by atoms with Crippen LogP contribution in [0.5, 0.6) is 11.5 Å². The van der Waals surface area contributed by atoms with E-state index in [2.05, 4.69) is 95.7 Å². The summed E-state index contributed by atoms with van der Waals surface area (Å²) >= 11 is 1.44. The van der Waals surface area contributed by atoms with Crippen LogP contribution in [0.1, 0.15) is 116 Å². The number of phenols is 2. The van der Waals surface area contributed by atoms with Gasteiger partial charge in [0.2, 0.25) is 0 Å². The Morgan fingerprint density at radius 1 is 0.610 bits per heavy atom. The fraction of sp³-hybridized carbons (Fsp3) is 0.647. The maximum absolute atomic E-state index is 13.2. The summed E-state index contributed by atoms with van der Waals surface area (Å²) in [7, 11) is 0. The van der Waals surface area contributed by atoms with Crippen LogP contribution in [0.4, 0.5) is 0 Å². The van der Waals surface area contributed by atoms with E-state index in [1.165, 1.54) is 0 Å². The number of thiol groups is 1. The summed E-state index contributed by atoms with van der Waals surface area (Å²) in [5, 5.41) is 23.2. The van der Waals surface area contributed by atoms with E-state index in [4.69, 9.17) is 0 Å². The van der Waals surface area contributed by atoms with E-state index in [0.29, 0.717) is 40.4 Å². The Labute approximate surface area is 263 Å². The van der Waals surface area contributed by atoms with Crippen LogP contribution in [0.25, 0.3) is 0 Å². The van der Waals surface area contributed by atoms with Crippen molar-refractivity contribution in [1.82, 2.24) is 0 Å². The van der Waals surface area contributed by atoms with Gasteiger partial charge in [-0.1, -0.05) is 0 Å². The van der Waals surface area contributed by atoms with E-state index >= 15 is 0 Å². The van der Waals surface area contributed by atoms with Crippen LogP contribution >= 0.6 is 12.6 Å². The monoisotopic (exact) mass is 676 g/mol. The van der Waals surface area contributed by atoms with E-state index in [-0.39, 0.29) is 21.7 Å². The number of benzene rings is 2. The summed E-state index contributed by atoms with van der Waals surface area (Å²) in [5.74, 6) is 0.697. The van der Waals surface area contributed by atoms with Crippen molar-refractivity contribution < 1.29 is 45.1 Å². The van der Waals surface area contributed by atoms with Crippen molar-refractivity contribution in [3.63, 3.8) is 0 Å². The van der Waals surface area contributed by atoms with E-state index in [1.54, 1.807) is 0 Å². The second-order valence-electron chi connectivity index (χ2n) is 15.1. The number of hydrogen-bond donors (Lipinski definition) is 3. The molecule has 0 heterocycles. The second-order valence-corrected chi connectivity index (χ2v) is 20.5. The molecule has 2 aromatic rings. The summed E-state index contributed by atoms with van der Waals surface area (Å²) in [4.78, 5) is 0. The first-order valence-electron chi connectivity index (χ1n) is 14.3. The number of phenolic OH excluding ortho intramolecular Hbond substituents is 2. The van der Waals surface area contributed by atoms with Crippen LogP contribution in [-0.2, 0) is 69.4 Å². The van der Waals surface area contributed by atoms with Crippen LogP contribution in [0.2, 0.25) is 16.1 Å². The fourth-order valence-electron chi connectivity index (χ4n) is 4.68. The Morgan fingerprint density at radius 3 is 1.20 bits per heavy atom. The molecule has 0 aliphatic rings. The summed E-state index contributed by atoms with van der Waals surface area (Å²) in [6, 6.07) is 8.16. The average Bonchev–Trinajstić information content (AvgIpc) is 2.79. The molecule has 0 bridgehead atoms. The zero-order chi connectivity index (χ0) is 31.7. The minimum atomic E-state index is -1.63. The molecule has 0 aromatic heterocycles. The van der Waals surface area contributed by atoms with Gasteiger partial charge in [0.1, 0.15) is 0 Å². The number of aromatic hydroxyl groups is 2. The molecular formula is C34H54Co2O4S. The van der Waals surface area contributed by atoms with Crippen LogP contribution in [-0.4, -0.2) is 14.4 Å². The van der Waals surface area contributed by atoms with Crippen molar-refractivity contribution in [3.05, 3.63) is 57.6 Å². The molecule has 41 heavy (non-hydrogen) atoms. The Morgan fingerprint density at radius 2 is 0.902 bits per heavy atom. The van der Waals surface area contributed by atoms with Crippen molar-refractivity contribution in [2.24, 2.45) is 0 Å². The Bertz CT molecular complexity index is 1200. The number of rotatable bonds is 9. The Hall–Kier alpha value is -0.997. The molecule has 0 radical (unpaired) electrons. The van der Waals surface area contributed by atoms with Gasteiger partial charge in [0, 0.05) is 0 Å². The predicted molar refractivity (Wildman–Crippen MR) is 167 cm³/mol. The van der Waals surface area contributed by atoms with Crippen molar-refractivity contribution >= 4 is 12.6 Å². The van der Waals surface area contributed by atoms with Crippen molar-refractivity contribution in [2.75, 3.05) is 0 Å². The van der Waals surface area contributed by atoms with E-state index in [0.717, 1.165) is 33.4 Å². The predicted octanol–water partition coefficient (Wildman–Crippen LogP) is 9.51. The van der Waals surface area contributed by atoms with Gasteiger partial charge in [0.05, 0.1) is 0 Å². The standard InChI is InChI=1S/2C16H25O.C2H4S.2Co.2O/c2*1-8-11-9-12(15(2,3)4)14(17)13(10-11)16(5,6)7;1-2-3;;;;/h2*9-10,17H,1,8H2,2-7H3;2-3H,1H2;;;;. The zero-order valence-corrected chi connectivity index (χ0v) is 30.2. The molecule has 0 fully saturated rings. The molecule has 2 aromatic carbocycles. The van der Waals surface area contributed by atoms with Gasteiger partial charge >= 0.3 is 265 Å². The van der Waals surface area contributed by atoms with Gasteiger partial charge in [-0.25, -0.2) is 0 Å². The van der Waals surface area contributed by atoms with Crippen LogP contribution < -0.4 is 0 Å². The third-order valence-corrected chi connectivity index (χ3v) is 12.2. The van der Waals surface area contributed by atoms with Gasteiger partial charge in [-0.2, -0.15) is 0 Å². The molecule has 1 atom stereocenters. The van der Waals surface area contributed by atoms with Gasteiger partial charge in [-0.15, -0.1) is 0 Å². The molecule has 238 valence electrons. The summed E-state index contributed by atoms with van der Waals surface area (Å²) in [6.07, 6.45) is 1.25. The first-order chi connectivity index (χ1) is 18.4. The maximum atomic E-state index is 13.2. The van der Waals surface area contributed by atoms with Gasteiger partial charge in [0.25, 0.3) is 0 Å². The molecule has 0 aliphatic carbocycles. The van der Waals surface area contributed by atoms with Crippen molar-refractivity contribution in [1.29, 1.82) is 0 Å². The Kier molecular flexibility index (Phi) is 11.8. The fourth-order valence-corrected chi connectivity index (χ4v) is 9.13. The van der Waals surface area contributed by atoms with Crippen molar-refractivity contribution in [2.45, 2.75) is 138 Å². The number of hydrogen-bond acceptors (Lipinski definition) is 5. The normalized spacial score (nSPS) is 14.7. The van der Waals surface area contributed by atoms with Gasteiger partial charge in [-0.05, 0) is 0 Å². The summed E-state index contributed by atoms with van der Waals surface area (Å²) in [5.41, 5.74) is 4.88. The molecule has 0 saturated heterocycles. The van der Waals surface area contributed by atoms with Gasteiger partial charge in [-0.3, -0.25) is 0 Å². The molecule has 2 rings (SSSR count). The molecule has 1 unspecified atom stereocenters. The molecular weight excluding hydrogens is 622 g/mol. The summed E-state index contributed by atoms with van der Waals surface area (Å²) < 4.78 is 25.8. The summed E-state index contributed by atoms with van der Waals surface area (Å²) in [6.45, 7) is 25.1. The van der Waals surface area contributed by atoms with Crippen LogP contribution in [0.15, 0.2) is 24.3 Å². The second kappa shape index (κ2) is 13.3. The van der Waals surface area contributed by atoms with Gasteiger partial charge in [0.15, 0.2) is 0 Å². The average molecular weight is 677 g/mol. The minimum absolute atomic E-state index is 0.213. The third-order valence-electron chi connectivity index (χ3n) is 7.17. The van der Waals surface area contributed by atoms with E-state index in [9.17, 15) is 17.9 Å². The first kappa shape index (κ1) is 36.2. The molecule has 4 nitrogen and oxygen atoms in total. The number of aryl methyl sites for hydroxylation is 2. The van der Waals surface area contributed by atoms with Crippen molar-refractivity contribution in [3.8, 4) is 11.5 Å². The SMILES string of the molecule is CC(C)(C)c1cc(C[CH2][Co](=[O])[CH2][CH](S)[Co](=[O])[CH2]Cc2cc(C(C)(C)C)c(O)c(C(C)(C)C)c2)cc(C(C)(C)C)c1O. The molecule has 0 spiro atoms. The molecule has 0 saturated carbocycles. The molecule has 7 heteroatoms. The molecule has 0 aliphatic heterocycles. The van der Waals surface area contributed by atoms with E-state index in [1.807, 2.05) is 24.3 Å². The van der Waals surface area contributed by atoms with Gasteiger partial charge < -0.3 is 0 Å². The molecule has 2 N–H and O–H groups in total.